The molecule has 10 nitrogen and oxygen atoms in total. The molecule has 0 saturated carbocycles. The monoisotopic (exact) mass is 611 g/mol. The number of aryl methyl sites for hydroxylation is 2. The van der Waals surface area contributed by atoms with Gasteiger partial charge in [-0.3, -0.25) is 9.69 Å². The first-order valence-electron chi connectivity index (χ1n) is 15.2. The summed E-state index contributed by atoms with van der Waals surface area (Å²) in [6, 6.07) is 23.0. The van der Waals surface area contributed by atoms with Crippen molar-refractivity contribution in [3.05, 3.63) is 95.4 Å². The van der Waals surface area contributed by atoms with Gasteiger partial charge in [0, 0.05) is 31.2 Å². The van der Waals surface area contributed by atoms with Crippen LogP contribution in [0.1, 0.15) is 41.2 Å². The van der Waals surface area contributed by atoms with Gasteiger partial charge in [-0.2, -0.15) is 0 Å². The smallest absolute Gasteiger partial charge is 0.323 e. The summed E-state index contributed by atoms with van der Waals surface area (Å²) >= 11 is 0. The molecule has 0 fully saturated rings. The van der Waals surface area contributed by atoms with Crippen LogP contribution in [-0.4, -0.2) is 70.9 Å². The third-order valence-corrected chi connectivity index (χ3v) is 8.20. The molecule has 3 aromatic carbocycles. The van der Waals surface area contributed by atoms with E-state index < -0.39 is 12.1 Å². The molecule has 10 heteroatoms. The van der Waals surface area contributed by atoms with Crippen molar-refractivity contribution < 1.29 is 24.0 Å². The van der Waals surface area contributed by atoms with E-state index in [1.54, 1.807) is 36.9 Å². The maximum Gasteiger partial charge on any atom is 0.323 e. The van der Waals surface area contributed by atoms with E-state index in [0.29, 0.717) is 47.2 Å². The average Bonchev–Trinajstić information content (AvgIpc) is 3.35. The number of aromatic nitrogens is 1. The van der Waals surface area contributed by atoms with Gasteiger partial charge in [0.25, 0.3) is 5.91 Å². The van der Waals surface area contributed by atoms with E-state index in [0.717, 1.165) is 6.54 Å². The molecule has 236 valence electrons. The molecule has 45 heavy (non-hydrogen) atoms. The zero-order valence-corrected chi connectivity index (χ0v) is 26.4. The summed E-state index contributed by atoms with van der Waals surface area (Å²) in [5, 5.41) is 19.4. The van der Waals surface area contributed by atoms with Crippen molar-refractivity contribution in [3.63, 3.8) is 0 Å². The third-order valence-electron chi connectivity index (χ3n) is 8.20. The van der Waals surface area contributed by atoms with Gasteiger partial charge >= 0.3 is 6.03 Å². The molecule has 1 aliphatic rings. The Morgan fingerprint density at radius 3 is 2.44 bits per heavy atom. The van der Waals surface area contributed by atoms with E-state index in [1.165, 1.54) is 16.7 Å². The van der Waals surface area contributed by atoms with Crippen LogP contribution in [0.5, 0.6) is 5.75 Å². The van der Waals surface area contributed by atoms with Crippen molar-refractivity contribution in [2.24, 2.45) is 5.92 Å². The van der Waals surface area contributed by atoms with E-state index in [4.69, 9.17) is 9.26 Å². The fourth-order valence-electron chi connectivity index (χ4n) is 5.57. The van der Waals surface area contributed by atoms with Crippen molar-refractivity contribution in [2.45, 2.75) is 46.4 Å². The lowest BCUT2D eigenvalue weighted by Gasteiger charge is -2.38. The molecule has 1 aliphatic heterocycles. The molecule has 2 heterocycles. The standard InChI is InChI=1S/C35H41N5O5/c1-22-18-40(23(2)21-41)34(42)30-17-29(36-35(43)37-33-24(3)38-45-25(33)4)15-16-31(30)44-32(22)20-39(5)19-26-11-13-28(14-12-26)27-9-7-6-8-10-27/h6-17,22-23,32,41H,18-21H2,1-5H3,(H2,36,37,43)/t22-,23-,32-/m1/s1. The van der Waals surface area contributed by atoms with Crippen molar-refractivity contribution in [1.82, 2.24) is 15.0 Å². The number of carbonyl (C=O) groups is 2. The highest BCUT2D eigenvalue weighted by atomic mass is 16.5. The van der Waals surface area contributed by atoms with E-state index in [2.05, 4.69) is 71.1 Å². The van der Waals surface area contributed by atoms with Gasteiger partial charge in [-0.05, 0) is 62.7 Å². The zero-order chi connectivity index (χ0) is 32.1. The lowest BCUT2D eigenvalue weighted by atomic mass is 9.99. The molecular weight excluding hydrogens is 570 g/mol. The van der Waals surface area contributed by atoms with E-state index in [9.17, 15) is 14.7 Å². The molecule has 5 rings (SSSR count). The molecule has 4 aromatic rings. The fourth-order valence-corrected chi connectivity index (χ4v) is 5.57. The predicted molar refractivity (Wildman–Crippen MR) is 174 cm³/mol. The van der Waals surface area contributed by atoms with Gasteiger partial charge in [0.1, 0.15) is 23.2 Å². The largest absolute Gasteiger partial charge is 0.488 e. The lowest BCUT2D eigenvalue weighted by Crippen LogP contribution is -2.49. The zero-order valence-electron chi connectivity index (χ0n) is 26.4. The Morgan fingerprint density at radius 2 is 1.78 bits per heavy atom. The number of nitrogens with zero attached hydrogens (tertiary/aromatic N) is 3. The number of likely N-dealkylation sites (N-methyl/N-ethyl adjacent to an activating group) is 1. The Balaban J connectivity index is 1.33. The highest BCUT2D eigenvalue weighted by Gasteiger charge is 2.33. The Labute approximate surface area is 264 Å². The Bertz CT molecular complexity index is 1600. The van der Waals surface area contributed by atoms with Crippen molar-refractivity contribution in [2.75, 3.05) is 37.4 Å². The minimum Gasteiger partial charge on any atom is -0.488 e. The molecule has 0 spiro atoms. The van der Waals surface area contributed by atoms with E-state index in [-0.39, 0.29) is 24.5 Å². The number of hydrogen-bond donors (Lipinski definition) is 3. The second-order valence-corrected chi connectivity index (χ2v) is 11.9. The van der Waals surface area contributed by atoms with Gasteiger partial charge in [-0.1, -0.05) is 66.7 Å². The summed E-state index contributed by atoms with van der Waals surface area (Å²) in [7, 11) is 2.06. The average molecular weight is 612 g/mol. The quantitative estimate of drug-likeness (QED) is 0.214. The first-order chi connectivity index (χ1) is 21.6. The number of carbonyl (C=O) groups excluding carboxylic acids is 2. The Kier molecular flexibility index (Phi) is 9.85. The highest BCUT2D eigenvalue weighted by Crippen LogP contribution is 2.31. The summed E-state index contributed by atoms with van der Waals surface area (Å²) < 4.78 is 11.7. The summed E-state index contributed by atoms with van der Waals surface area (Å²) in [5.74, 6) is 0.646. The van der Waals surface area contributed by atoms with Gasteiger partial charge in [0.2, 0.25) is 0 Å². The van der Waals surface area contributed by atoms with E-state index >= 15 is 0 Å². The number of aliphatic hydroxyl groups excluding tert-OH is 1. The van der Waals surface area contributed by atoms with Crippen molar-refractivity contribution >= 4 is 23.3 Å². The van der Waals surface area contributed by atoms with Crippen LogP contribution < -0.4 is 15.4 Å². The number of urea groups is 1. The van der Waals surface area contributed by atoms with Gasteiger partial charge in [-0.15, -0.1) is 0 Å². The molecule has 0 saturated heterocycles. The maximum atomic E-state index is 13.8. The Morgan fingerprint density at radius 1 is 1.07 bits per heavy atom. The minimum absolute atomic E-state index is 0.0161. The van der Waals surface area contributed by atoms with Crippen LogP contribution in [0.2, 0.25) is 0 Å². The number of benzene rings is 3. The van der Waals surface area contributed by atoms with E-state index in [1.807, 2.05) is 25.1 Å². The van der Waals surface area contributed by atoms with Gasteiger partial charge < -0.3 is 29.9 Å². The lowest BCUT2D eigenvalue weighted by molar-refractivity contribution is 0.0341. The maximum absolute atomic E-state index is 13.8. The number of amides is 3. The molecule has 3 atom stereocenters. The third kappa shape index (κ3) is 7.53. The number of aliphatic hydroxyl groups is 1. The minimum atomic E-state index is -0.492. The summed E-state index contributed by atoms with van der Waals surface area (Å²) in [6.45, 7) is 8.93. The topological polar surface area (TPSA) is 120 Å². The van der Waals surface area contributed by atoms with Crippen molar-refractivity contribution in [1.29, 1.82) is 0 Å². The Hall–Kier alpha value is -4.67. The van der Waals surface area contributed by atoms with Crippen LogP contribution in [0.4, 0.5) is 16.2 Å². The normalized spacial score (nSPS) is 17.2. The second kappa shape index (κ2) is 14.0. The molecule has 0 unspecified atom stereocenters. The number of ether oxygens (including phenoxy) is 1. The second-order valence-electron chi connectivity index (χ2n) is 11.9. The van der Waals surface area contributed by atoms with Crippen LogP contribution in [0.25, 0.3) is 11.1 Å². The van der Waals surface area contributed by atoms with Crippen LogP contribution in [0.15, 0.2) is 77.3 Å². The van der Waals surface area contributed by atoms with Crippen LogP contribution >= 0.6 is 0 Å². The van der Waals surface area contributed by atoms with Crippen molar-refractivity contribution in [3.8, 4) is 16.9 Å². The number of hydrogen-bond acceptors (Lipinski definition) is 7. The highest BCUT2D eigenvalue weighted by molar-refractivity contribution is 6.03. The summed E-state index contributed by atoms with van der Waals surface area (Å²) in [6.07, 6.45) is -0.236. The SMILES string of the molecule is Cc1noc(C)c1NC(=O)Nc1ccc2c(c1)C(=O)N([C@H](C)CO)C[C@@H](C)[C@@H](CN(C)Cc1ccc(-c3ccccc3)cc1)O2. The van der Waals surface area contributed by atoms with Gasteiger partial charge in [0.15, 0.2) is 5.76 Å². The first kappa shape index (κ1) is 31.7. The predicted octanol–water partition coefficient (Wildman–Crippen LogP) is 5.95. The van der Waals surface area contributed by atoms with Crippen LogP contribution in [0.3, 0.4) is 0 Å². The fraction of sp³-hybridized carbons (Fsp3) is 0.343. The van der Waals surface area contributed by atoms with Crippen LogP contribution in [0, 0.1) is 19.8 Å². The molecular formula is C35H41N5O5. The van der Waals surface area contributed by atoms with Crippen LogP contribution in [-0.2, 0) is 6.54 Å². The molecule has 3 N–H and O–H groups in total. The molecule has 3 amide bonds. The van der Waals surface area contributed by atoms with Gasteiger partial charge in [-0.25, -0.2) is 4.79 Å². The summed E-state index contributed by atoms with van der Waals surface area (Å²) in [5.41, 5.74) is 5.35. The molecule has 1 aromatic heterocycles. The number of anilines is 2. The summed E-state index contributed by atoms with van der Waals surface area (Å²) in [4.78, 5) is 30.5. The number of fused-ring (bicyclic) bond motifs is 1. The number of nitrogens with one attached hydrogen (secondary N) is 2. The first-order valence-corrected chi connectivity index (χ1v) is 15.2. The molecule has 0 aliphatic carbocycles. The number of rotatable bonds is 9. The molecule has 0 bridgehead atoms. The van der Waals surface area contributed by atoms with Gasteiger partial charge in [0.05, 0.1) is 18.2 Å². The molecule has 0 radical (unpaired) electrons.